The first kappa shape index (κ1) is 20.1. The lowest BCUT2D eigenvalue weighted by Crippen LogP contribution is -2.53. The van der Waals surface area contributed by atoms with Gasteiger partial charge in [0, 0.05) is 18.0 Å². The zero-order valence-corrected chi connectivity index (χ0v) is 16.2. The SMILES string of the molecule is CC(Nc1ccc2c(c1)OCCn1cc(N3C(=O)COC[C@H]3C(F)F)nc1-2)C(N)=O. The summed E-state index contributed by atoms with van der Waals surface area (Å²) in [7, 11) is 0. The lowest BCUT2D eigenvalue weighted by molar-refractivity contribution is -0.130. The number of carbonyl (C=O) groups is 2. The molecule has 0 spiro atoms. The summed E-state index contributed by atoms with van der Waals surface area (Å²) >= 11 is 0. The second-order valence-corrected chi connectivity index (χ2v) is 7.12. The summed E-state index contributed by atoms with van der Waals surface area (Å²) in [5, 5.41) is 2.98. The van der Waals surface area contributed by atoms with Crippen LogP contribution in [0.1, 0.15) is 6.92 Å². The van der Waals surface area contributed by atoms with Gasteiger partial charge in [0.1, 0.15) is 36.9 Å². The summed E-state index contributed by atoms with van der Waals surface area (Å²) in [5.74, 6) is 0.123. The monoisotopic (exact) mass is 421 g/mol. The number of morpholine rings is 1. The molecular weight excluding hydrogens is 400 g/mol. The Bertz CT molecular complexity index is 980. The van der Waals surface area contributed by atoms with Crippen LogP contribution in [0.2, 0.25) is 0 Å². The molecule has 160 valence electrons. The van der Waals surface area contributed by atoms with Crippen LogP contribution >= 0.6 is 0 Å². The first-order valence-electron chi connectivity index (χ1n) is 9.43. The average molecular weight is 421 g/mol. The number of halogens is 2. The number of alkyl halides is 2. The lowest BCUT2D eigenvalue weighted by Gasteiger charge is -2.33. The number of primary amides is 1. The van der Waals surface area contributed by atoms with Crippen molar-refractivity contribution in [3.63, 3.8) is 0 Å². The van der Waals surface area contributed by atoms with Crippen molar-refractivity contribution in [1.29, 1.82) is 0 Å². The zero-order valence-electron chi connectivity index (χ0n) is 16.2. The van der Waals surface area contributed by atoms with Crippen LogP contribution in [0.3, 0.4) is 0 Å². The van der Waals surface area contributed by atoms with Gasteiger partial charge in [0.2, 0.25) is 5.91 Å². The fraction of sp³-hybridized carbons (Fsp3) is 0.421. The number of aromatic nitrogens is 2. The van der Waals surface area contributed by atoms with E-state index in [0.717, 1.165) is 4.90 Å². The Hall–Kier alpha value is -3.21. The maximum atomic E-state index is 13.5. The van der Waals surface area contributed by atoms with Gasteiger partial charge in [0.15, 0.2) is 5.82 Å². The summed E-state index contributed by atoms with van der Waals surface area (Å²) in [6.07, 6.45) is -1.18. The quantitative estimate of drug-likeness (QED) is 0.751. The van der Waals surface area contributed by atoms with Crippen LogP contribution in [0.4, 0.5) is 20.3 Å². The molecule has 2 atom stereocenters. The molecule has 1 aromatic heterocycles. The van der Waals surface area contributed by atoms with Gasteiger partial charge in [-0.15, -0.1) is 0 Å². The maximum absolute atomic E-state index is 13.5. The molecule has 9 nitrogen and oxygen atoms in total. The average Bonchev–Trinajstić information content (AvgIpc) is 3.03. The highest BCUT2D eigenvalue weighted by Crippen LogP contribution is 2.36. The van der Waals surface area contributed by atoms with Crippen LogP contribution < -0.4 is 20.7 Å². The molecule has 0 bridgehead atoms. The molecule has 1 saturated heterocycles. The van der Waals surface area contributed by atoms with Crippen molar-refractivity contribution in [3.8, 4) is 17.1 Å². The molecule has 1 aromatic carbocycles. The Morgan fingerprint density at radius 3 is 2.93 bits per heavy atom. The van der Waals surface area contributed by atoms with E-state index in [1.54, 1.807) is 35.9 Å². The van der Waals surface area contributed by atoms with E-state index in [4.69, 9.17) is 15.2 Å². The Morgan fingerprint density at radius 2 is 2.20 bits per heavy atom. The highest BCUT2D eigenvalue weighted by molar-refractivity contribution is 5.95. The molecule has 1 unspecified atom stereocenters. The highest BCUT2D eigenvalue weighted by atomic mass is 19.3. The van der Waals surface area contributed by atoms with E-state index < -0.39 is 30.3 Å². The number of imidazole rings is 1. The zero-order chi connectivity index (χ0) is 21.4. The van der Waals surface area contributed by atoms with E-state index in [-0.39, 0.29) is 19.0 Å². The first-order chi connectivity index (χ1) is 14.3. The van der Waals surface area contributed by atoms with Crippen molar-refractivity contribution in [1.82, 2.24) is 9.55 Å². The van der Waals surface area contributed by atoms with Crippen molar-refractivity contribution < 1.29 is 27.8 Å². The smallest absolute Gasteiger partial charge is 0.261 e. The normalized spacial score (nSPS) is 19.5. The molecule has 1 fully saturated rings. The number of benzene rings is 1. The number of hydrogen-bond acceptors (Lipinski definition) is 6. The number of rotatable bonds is 5. The predicted molar refractivity (Wildman–Crippen MR) is 104 cm³/mol. The summed E-state index contributed by atoms with van der Waals surface area (Å²) in [6, 6.07) is 3.27. The maximum Gasteiger partial charge on any atom is 0.261 e. The third-order valence-corrected chi connectivity index (χ3v) is 5.04. The van der Waals surface area contributed by atoms with Crippen molar-refractivity contribution in [2.75, 3.05) is 30.0 Å². The van der Waals surface area contributed by atoms with Gasteiger partial charge in [-0.05, 0) is 19.1 Å². The Balaban J connectivity index is 1.69. The molecule has 2 aromatic rings. The molecule has 11 heteroatoms. The number of ether oxygens (including phenoxy) is 2. The highest BCUT2D eigenvalue weighted by Gasteiger charge is 2.38. The number of nitrogens with two attached hydrogens (primary N) is 1. The van der Waals surface area contributed by atoms with Gasteiger partial charge < -0.3 is 25.1 Å². The lowest BCUT2D eigenvalue weighted by atomic mass is 10.1. The van der Waals surface area contributed by atoms with Gasteiger partial charge in [0.25, 0.3) is 12.3 Å². The van der Waals surface area contributed by atoms with E-state index >= 15 is 0 Å². The van der Waals surface area contributed by atoms with E-state index in [1.165, 1.54) is 0 Å². The first-order valence-corrected chi connectivity index (χ1v) is 9.43. The molecule has 0 radical (unpaired) electrons. The van der Waals surface area contributed by atoms with Crippen molar-refractivity contribution in [3.05, 3.63) is 24.4 Å². The minimum absolute atomic E-state index is 0.154. The standard InChI is InChI=1S/C19H21F2N5O4/c1-10(18(22)28)23-11-2-3-12-14(6-11)30-5-4-25-7-15(24-19(12)25)26-13(17(20)21)8-29-9-16(26)27/h2-3,6-7,10,13,17,23H,4-5,8-9H2,1H3,(H2,22,28)/t10?,13-/m0/s1. The van der Waals surface area contributed by atoms with Gasteiger partial charge in [-0.3, -0.25) is 14.5 Å². The second kappa shape index (κ2) is 7.90. The summed E-state index contributed by atoms with van der Waals surface area (Å²) < 4.78 is 39.5. The van der Waals surface area contributed by atoms with Gasteiger partial charge in [-0.25, -0.2) is 13.8 Å². The number of amides is 2. The molecule has 3 N–H and O–H groups in total. The minimum atomic E-state index is -2.76. The number of nitrogens with zero attached hydrogens (tertiary/aromatic N) is 3. The summed E-state index contributed by atoms with van der Waals surface area (Å²) in [5.41, 5.74) is 6.57. The number of carbonyl (C=O) groups excluding carboxylic acids is 2. The molecule has 2 aliphatic heterocycles. The number of hydrogen-bond donors (Lipinski definition) is 2. The van der Waals surface area contributed by atoms with Crippen LogP contribution in [0.25, 0.3) is 11.4 Å². The van der Waals surface area contributed by atoms with Gasteiger partial charge >= 0.3 is 0 Å². The van der Waals surface area contributed by atoms with Crippen molar-refractivity contribution in [2.45, 2.75) is 32.0 Å². The molecule has 2 amide bonds. The van der Waals surface area contributed by atoms with Crippen LogP contribution in [-0.2, 0) is 20.9 Å². The van der Waals surface area contributed by atoms with Gasteiger partial charge in [-0.2, -0.15) is 0 Å². The molecule has 4 rings (SSSR count). The fourth-order valence-corrected chi connectivity index (χ4v) is 3.47. The van der Waals surface area contributed by atoms with E-state index in [1.807, 2.05) is 0 Å². The molecular formula is C19H21F2N5O4. The Morgan fingerprint density at radius 1 is 1.40 bits per heavy atom. The third kappa shape index (κ3) is 3.67. The number of anilines is 2. The molecule has 0 saturated carbocycles. The molecule has 3 heterocycles. The van der Waals surface area contributed by atoms with Crippen molar-refractivity contribution >= 4 is 23.3 Å². The summed E-state index contributed by atoms with van der Waals surface area (Å²) in [4.78, 5) is 29.1. The topological polar surface area (TPSA) is 112 Å². The van der Waals surface area contributed by atoms with E-state index in [9.17, 15) is 18.4 Å². The molecule has 30 heavy (non-hydrogen) atoms. The number of fused-ring (bicyclic) bond motifs is 3. The minimum Gasteiger partial charge on any atom is -0.491 e. The van der Waals surface area contributed by atoms with Crippen LogP contribution in [0, 0.1) is 0 Å². The predicted octanol–water partition coefficient (Wildman–Crippen LogP) is 1.23. The van der Waals surface area contributed by atoms with Gasteiger partial charge in [-0.1, -0.05) is 0 Å². The van der Waals surface area contributed by atoms with Crippen LogP contribution in [-0.4, -0.2) is 59.7 Å². The number of nitrogens with one attached hydrogen (secondary N) is 1. The van der Waals surface area contributed by atoms with Crippen molar-refractivity contribution in [2.24, 2.45) is 5.73 Å². The van der Waals surface area contributed by atoms with E-state index in [0.29, 0.717) is 36.0 Å². The second-order valence-electron chi connectivity index (χ2n) is 7.12. The van der Waals surface area contributed by atoms with Gasteiger partial charge in [0.05, 0.1) is 18.7 Å². The fourth-order valence-electron chi connectivity index (χ4n) is 3.47. The third-order valence-electron chi connectivity index (χ3n) is 5.04. The van der Waals surface area contributed by atoms with Crippen LogP contribution in [0.15, 0.2) is 24.4 Å². The van der Waals surface area contributed by atoms with E-state index in [2.05, 4.69) is 10.3 Å². The van der Waals surface area contributed by atoms with Crippen LogP contribution in [0.5, 0.6) is 5.75 Å². The largest absolute Gasteiger partial charge is 0.491 e. The Labute approximate surface area is 170 Å². The molecule has 0 aliphatic carbocycles. The molecule has 2 aliphatic rings. The Kier molecular flexibility index (Phi) is 5.29. The summed E-state index contributed by atoms with van der Waals surface area (Å²) in [6.45, 7) is 1.87.